The van der Waals surface area contributed by atoms with E-state index in [1.807, 2.05) is 6.92 Å². The van der Waals surface area contributed by atoms with Crippen LogP contribution < -0.4 is 4.72 Å². The lowest BCUT2D eigenvalue weighted by molar-refractivity contribution is 0.127. The molecular formula is C14H20FNO3S. The van der Waals surface area contributed by atoms with Gasteiger partial charge in [-0.25, -0.2) is 17.5 Å². The van der Waals surface area contributed by atoms with Gasteiger partial charge in [0.15, 0.2) is 0 Å². The maximum Gasteiger partial charge on any atom is 0.240 e. The van der Waals surface area contributed by atoms with Crippen molar-refractivity contribution in [2.45, 2.75) is 44.0 Å². The van der Waals surface area contributed by atoms with E-state index in [-0.39, 0.29) is 17.5 Å². The minimum Gasteiger partial charge on any atom is -0.396 e. The number of hydrogen-bond donors (Lipinski definition) is 2. The summed E-state index contributed by atoms with van der Waals surface area (Å²) in [5.74, 6) is -0.538. The number of hydrogen-bond acceptors (Lipinski definition) is 3. The molecule has 1 aliphatic rings. The van der Waals surface area contributed by atoms with E-state index in [0.717, 1.165) is 18.9 Å². The van der Waals surface area contributed by atoms with E-state index in [4.69, 9.17) is 0 Å². The van der Waals surface area contributed by atoms with Gasteiger partial charge in [-0.2, -0.15) is 0 Å². The van der Waals surface area contributed by atoms with Crippen LogP contribution in [0.1, 0.15) is 31.7 Å². The highest BCUT2D eigenvalue weighted by atomic mass is 32.2. The van der Waals surface area contributed by atoms with E-state index in [0.29, 0.717) is 12.0 Å². The van der Waals surface area contributed by atoms with E-state index >= 15 is 0 Å². The lowest BCUT2D eigenvalue weighted by Crippen LogP contribution is -2.44. The van der Waals surface area contributed by atoms with Crippen LogP contribution in [-0.2, 0) is 10.0 Å². The lowest BCUT2D eigenvalue weighted by atomic mass is 9.86. The van der Waals surface area contributed by atoms with Crippen molar-refractivity contribution in [1.29, 1.82) is 0 Å². The average molecular weight is 301 g/mol. The van der Waals surface area contributed by atoms with E-state index < -0.39 is 21.3 Å². The number of sulfonamides is 1. The predicted octanol–water partition coefficient (Wildman–Crippen LogP) is 1.96. The van der Waals surface area contributed by atoms with Gasteiger partial charge in [0.25, 0.3) is 0 Å². The summed E-state index contributed by atoms with van der Waals surface area (Å²) in [7, 11) is -3.77. The van der Waals surface area contributed by atoms with Crippen LogP contribution in [0, 0.1) is 18.2 Å². The van der Waals surface area contributed by atoms with Gasteiger partial charge in [-0.1, -0.05) is 19.4 Å². The monoisotopic (exact) mass is 301 g/mol. The Kier molecular flexibility index (Phi) is 4.18. The standard InChI is InChI=1S/C14H20FNO3S/c1-10-5-6-11(8-12(10)15)20(18,19)16-13-4-3-7-14(13,2)9-17/h5-6,8,13,16-17H,3-4,7,9H2,1-2H3. The number of aliphatic hydroxyl groups is 1. The molecule has 6 heteroatoms. The molecule has 0 bridgehead atoms. The molecule has 0 radical (unpaired) electrons. The molecular weight excluding hydrogens is 281 g/mol. The first-order chi connectivity index (χ1) is 9.28. The number of aliphatic hydroxyl groups excluding tert-OH is 1. The Labute approximate surface area is 119 Å². The zero-order valence-electron chi connectivity index (χ0n) is 11.7. The molecule has 1 fully saturated rings. The van der Waals surface area contributed by atoms with Crippen LogP contribution in [-0.4, -0.2) is 26.2 Å². The number of halogens is 1. The van der Waals surface area contributed by atoms with Crippen molar-refractivity contribution in [1.82, 2.24) is 4.72 Å². The maximum atomic E-state index is 13.5. The van der Waals surface area contributed by atoms with Crippen LogP contribution in [0.25, 0.3) is 0 Å². The Hall–Kier alpha value is -0.980. The molecule has 20 heavy (non-hydrogen) atoms. The van der Waals surface area contributed by atoms with Gasteiger partial charge >= 0.3 is 0 Å². The molecule has 1 aliphatic carbocycles. The molecule has 1 saturated carbocycles. The van der Waals surface area contributed by atoms with Crippen LogP contribution in [0.4, 0.5) is 4.39 Å². The summed E-state index contributed by atoms with van der Waals surface area (Å²) in [6.45, 7) is 3.38. The number of nitrogens with one attached hydrogen (secondary N) is 1. The van der Waals surface area contributed by atoms with Gasteiger partial charge in [0, 0.05) is 18.1 Å². The third-order valence-electron chi connectivity index (χ3n) is 4.19. The van der Waals surface area contributed by atoms with Crippen LogP contribution in [0.5, 0.6) is 0 Å². The van der Waals surface area contributed by atoms with E-state index in [1.165, 1.54) is 12.1 Å². The molecule has 2 rings (SSSR count). The van der Waals surface area contributed by atoms with E-state index in [2.05, 4.69) is 4.72 Å². The van der Waals surface area contributed by atoms with Crippen molar-refractivity contribution in [3.8, 4) is 0 Å². The van der Waals surface area contributed by atoms with E-state index in [1.54, 1.807) is 6.92 Å². The highest BCUT2D eigenvalue weighted by Crippen LogP contribution is 2.38. The molecule has 0 saturated heterocycles. The Morgan fingerprint density at radius 3 is 2.80 bits per heavy atom. The van der Waals surface area contributed by atoms with Crippen molar-refractivity contribution >= 4 is 10.0 Å². The highest BCUT2D eigenvalue weighted by molar-refractivity contribution is 7.89. The van der Waals surface area contributed by atoms with Crippen LogP contribution >= 0.6 is 0 Å². The third-order valence-corrected chi connectivity index (χ3v) is 5.66. The normalized spacial score (nSPS) is 26.9. The van der Waals surface area contributed by atoms with Crippen LogP contribution in [0.2, 0.25) is 0 Å². The summed E-state index contributed by atoms with van der Waals surface area (Å²) in [4.78, 5) is -0.0761. The molecule has 4 nitrogen and oxygen atoms in total. The summed E-state index contributed by atoms with van der Waals surface area (Å²) in [6, 6.07) is 3.56. The molecule has 0 aliphatic heterocycles. The van der Waals surface area contributed by atoms with Gasteiger partial charge in [0.1, 0.15) is 5.82 Å². The Morgan fingerprint density at radius 1 is 1.50 bits per heavy atom. The summed E-state index contributed by atoms with van der Waals surface area (Å²) in [6.07, 6.45) is 2.33. The topological polar surface area (TPSA) is 66.4 Å². The molecule has 1 aromatic rings. The molecule has 2 unspecified atom stereocenters. The molecule has 0 aromatic heterocycles. The minimum absolute atomic E-state index is 0.0670. The summed E-state index contributed by atoms with van der Waals surface area (Å²) < 4.78 is 40.7. The van der Waals surface area contributed by atoms with Gasteiger partial charge < -0.3 is 5.11 Å². The smallest absolute Gasteiger partial charge is 0.240 e. The Balaban J connectivity index is 2.25. The van der Waals surface area contributed by atoms with Crippen molar-refractivity contribution in [2.75, 3.05) is 6.61 Å². The fourth-order valence-corrected chi connectivity index (χ4v) is 4.04. The zero-order valence-corrected chi connectivity index (χ0v) is 12.5. The van der Waals surface area contributed by atoms with Gasteiger partial charge in [-0.05, 0) is 37.5 Å². The lowest BCUT2D eigenvalue weighted by Gasteiger charge is -2.29. The number of aryl methyl sites for hydroxylation is 1. The Morgan fingerprint density at radius 2 is 2.20 bits per heavy atom. The summed E-state index contributed by atoms with van der Waals surface area (Å²) in [5.41, 5.74) is -0.0407. The first kappa shape index (κ1) is 15.4. The highest BCUT2D eigenvalue weighted by Gasteiger charge is 2.40. The molecule has 0 heterocycles. The van der Waals surface area contributed by atoms with Crippen molar-refractivity contribution in [3.05, 3.63) is 29.6 Å². The maximum absolute atomic E-state index is 13.5. The second-order valence-corrected chi connectivity index (χ2v) is 7.50. The second-order valence-electron chi connectivity index (χ2n) is 5.79. The molecule has 0 spiro atoms. The first-order valence-corrected chi connectivity index (χ1v) is 8.16. The molecule has 112 valence electrons. The molecule has 0 amide bonds. The first-order valence-electron chi connectivity index (χ1n) is 6.68. The summed E-state index contributed by atoms with van der Waals surface area (Å²) in [5, 5.41) is 9.45. The number of rotatable bonds is 4. The van der Waals surface area contributed by atoms with E-state index in [9.17, 15) is 17.9 Å². The average Bonchev–Trinajstić information content (AvgIpc) is 2.74. The zero-order chi connectivity index (χ0) is 15.0. The second kappa shape index (κ2) is 5.42. The fourth-order valence-electron chi connectivity index (χ4n) is 2.62. The summed E-state index contributed by atoms with van der Waals surface area (Å²) >= 11 is 0. The van der Waals surface area contributed by atoms with Crippen LogP contribution in [0.15, 0.2) is 23.1 Å². The SMILES string of the molecule is Cc1ccc(S(=O)(=O)NC2CCCC2(C)CO)cc1F. The van der Waals surface area contributed by atoms with Crippen molar-refractivity contribution < 1.29 is 17.9 Å². The quantitative estimate of drug-likeness (QED) is 0.893. The van der Waals surface area contributed by atoms with Gasteiger partial charge in [-0.15, -0.1) is 0 Å². The Bertz CT molecular complexity index is 602. The van der Waals surface area contributed by atoms with Gasteiger partial charge in [0.05, 0.1) is 4.90 Å². The van der Waals surface area contributed by atoms with Gasteiger partial charge in [-0.3, -0.25) is 0 Å². The van der Waals surface area contributed by atoms with Crippen LogP contribution in [0.3, 0.4) is 0 Å². The predicted molar refractivity (Wildman–Crippen MR) is 74.3 cm³/mol. The van der Waals surface area contributed by atoms with Crippen molar-refractivity contribution in [2.24, 2.45) is 5.41 Å². The number of benzene rings is 1. The fraction of sp³-hybridized carbons (Fsp3) is 0.571. The molecule has 2 N–H and O–H groups in total. The van der Waals surface area contributed by atoms with Gasteiger partial charge in [0.2, 0.25) is 10.0 Å². The third kappa shape index (κ3) is 2.87. The molecule has 1 aromatic carbocycles. The molecule has 2 atom stereocenters. The largest absolute Gasteiger partial charge is 0.396 e. The minimum atomic E-state index is -3.77. The van der Waals surface area contributed by atoms with Crippen molar-refractivity contribution in [3.63, 3.8) is 0 Å².